The van der Waals surface area contributed by atoms with E-state index in [0.29, 0.717) is 33.8 Å². The molecule has 0 amide bonds. The summed E-state index contributed by atoms with van der Waals surface area (Å²) in [6.45, 7) is 5.63. The number of aliphatic hydroxyl groups excluding tert-OH is 2. The first-order chi connectivity index (χ1) is 17.9. The normalized spacial score (nSPS) is 12.2. The molecular formula is C28H28O9. The van der Waals surface area contributed by atoms with Gasteiger partial charge in [0.25, 0.3) is 0 Å². The maximum atomic E-state index is 11.5. The van der Waals surface area contributed by atoms with E-state index in [4.69, 9.17) is 23.7 Å². The van der Waals surface area contributed by atoms with Crippen LogP contribution < -0.4 is 14.2 Å². The molecule has 0 aliphatic heterocycles. The minimum absolute atomic E-state index is 0.127. The summed E-state index contributed by atoms with van der Waals surface area (Å²) >= 11 is 0. The highest BCUT2D eigenvalue weighted by molar-refractivity contribution is 5.95. The highest BCUT2D eigenvalue weighted by Gasteiger charge is 2.20. The molecule has 0 radical (unpaired) electrons. The lowest BCUT2D eigenvalue weighted by Gasteiger charge is -2.21. The summed E-state index contributed by atoms with van der Waals surface area (Å²) in [4.78, 5) is 22.8. The van der Waals surface area contributed by atoms with Gasteiger partial charge in [0.15, 0.2) is 17.6 Å². The van der Waals surface area contributed by atoms with Gasteiger partial charge in [0.2, 0.25) is 0 Å². The van der Waals surface area contributed by atoms with Crippen molar-refractivity contribution in [2.24, 2.45) is 0 Å². The van der Waals surface area contributed by atoms with E-state index >= 15 is 0 Å². The zero-order valence-electron chi connectivity index (χ0n) is 20.1. The number of carbonyl (C=O) groups excluding carboxylic acids is 2. The Bertz CT molecular complexity index is 1220. The molecule has 0 aromatic heterocycles. The molecule has 2 atom stereocenters. The Balaban J connectivity index is 1.93. The van der Waals surface area contributed by atoms with Gasteiger partial charge >= 0.3 is 11.9 Å². The van der Waals surface area contributed by atoms with E-state index in [2.05, 4.69) is 13.2 Å². The van der Waals surface area contributed by atoms with Crippen molar-refractivity contribution in [3.63, 3.8) is 0 Å². The molecule has 0 heterocycles. The number of aliphatic hydroxyl groups is 2. The molecule has 2 unspecified atom stereocenters. The van der Waals surface area contributed by atoms with Crippen molar-refractivity contribution in [1.29, 1.82) is 0 Å². The number of ether oxygens (including phenoxy) is 5. The van der Waals surface area contributed by atoms with Crippen LogP contribution in [0.2, 0.25) is 0 Å². The number of hydrogen-bond acceptors (Lipinski definition) is 9. The minimum Gasteiger partial charge on any atom is -0.489 e. The number of carbonyl (C=O) groups is 2. The van der Waals surface area contributed by atoms with Crippen LogP contribution in [-0.4, -0.2) is 60.8 Å². The largest absolute Gasteiger partial charge is 0.489 e. The van der Waals surface area contributed by atoms with Gasteiger partial charge in [0.05, 0.1) is 6.61 Å². The van der Waals surface area contributed by atoms with Crippen molar-refractivity contribution < 1.29 is 43.5 Å². The molecule has 9 heteroatoms. The van der Waals surface area contributed by atoms with Gasteiger partial charge in [-0.3, -0.25) is 0 Å². The number of benzene rings is 3. The fraction of sp³-hybridized carbons (Fsp3) is 0.214. The predicted molar refractivity (Wildman–Crippen MR) is 136 cm³/mol. The number of fused-ring (bicyclic) bond motifs is 1. The van der Waals surface area contributed by atoms with Gasteiger partial charge in [-0.2, -0.15) is 0 Å². The molecule has 0 saturated heterocycles. The molecular weight excluding hydrogens is 480 g/mol. The predicted octanol–water partition coefficient (Wildman–Crippen LogP) is 3.57. The molecule has 2 N–H and O–H groups in total. The first-order valence-electron chi connectivity index (χ1n) is 11.4. The van der Waals surface area contributed by atoms with Gasteiger partial charge in [0, 0.05) is 29.0 Å². The highest BCUT2D eigenvalue weighted by Crippen LogP contribution is 2.43. The zero-order valence-corrected chi connectivity index (χ0v) is 20.1. The Morgan fingerprint density at radius 2 is 1.51 bits per heavy atom. The lowest BCUT2D eigenvalue weighted by atomic mass is 10.1. The van der Waals surface area contributed by atoms with E-state index in [1.54, 1.807) is 36.4 Å². The van der Waals surface area contributed by atoms with Crippen LogP contribution in [0.3, 0.4) is 0 Å². The van der Waals surface area contributed by atoms with Crippen molar-refractivity contribution >= 4 is 22.7 Å². The van der Waals surface area contributed by atoms with Crippen LogP contribution in [0.1, 0.15) is 0 Å². The van der Waals surface area contributed by atoms with E-state index in [0.717, 1.165) is 12.2 Å². The van der Waals surface area contributed by atoms with Gasteiger partial charge in [-0.25, -0.2) is 9.59 Å². The molecule has 194 valence electrons. The topological polar surface area (TPSA) is 121 Å². The maximum Gasteiger partial charge on any atom is 0.330 e. The number of rotatable bonds is 14. The summed E-state index contributed by atoms with van der Waals surface area (Å²) in [5, 5.41) is 21.1. The van der Waals surface area contributed by atoms with Crippen LogP contribution in [0.5, 0.6) is 23.0 Å². The Labute approximate surface area is 214 Å². The van der Waals surface area contributed by atoms with Gasteiger partial charge in [-0.15, -0.1) is 0 Å². The zero-order chi connectivity index (χ0) is 26.6. The minimum atomic E-state index is -1.10. The first-order valence-corrected chi connectivity index (χ1v) is 11.4. The van der Waals surface area contributed by atoms with Gasteiger partial charge < -0.3 is 33.9 Å². The summed E-state index contributed by atoms with van der Waals surface area (Å²) in [5.41, 5.74) is 0. The molecule has 0 aliphatic rings. The van der Waals surface area contributed by atoms with E-state index in [1.807, 2.05) is 24.3 Å². The van der Waals surface area contributed by atoms with E-state index in [1.165, 1.54) is 0 Å². The Kier molecular flexibility index (Phi) is 10.1. The Morgan fingerprint density at radius 1 is 0.838 bits per heavy atom. The van der Waals surface area contributed by atoms with E-state index in [9.17, 15) is 19.8 Å². The maximum absolute atomic E-state index is 11.5. The lowest BCUT2D eigenvalue weighted by Crippen LogP contribution is -2.28. The van der Waals surface area contributed by atoms with E-state index in [-0.39, 0.29) is 19.8 Å². The average Bonchev–Trinajstić information content (AvgIpc) is 2.93. The molecule has 3 aromatic rings. The Morgan fingerprint density at radius 3 is 2.19 bits per heavy atom. The second-order valence-corrected chi connectivity index (χ2v) is 7.72. The lowest BCUT2D eigenvalue weighted by molar-refractivity contribution is -0.146. The number of esters is 2. The van der Waals surface area contributed by atoms with Crippen LogP contribution in [0, 0.1) is 0 Å². The highest BCUT2D eigenvalue weighted by atomic mass is 16.6. The summed E-state index contributed by atoms with van der Waals surface area (Å²) in [5.74, 6) is 0.210. The summed E-state index contributed by atoms with van der Waals surface area (Å²) < 4.78 is 27.9. The fourth-order valence-corrected chi connectivity index (χ4v) is 3.23. The number of hydrogen-bond donors (Lipinski definition) is 2. The second-order valence-electron chi connectivity index (χ2n) is 7.72. The van der Waals surface area contributed by atoms with Gasteiger partial charge in [-0.05, 0) is 12.1 Å². The molecule has 37 heavy (non-hydrogen) atoms. The third kappa shape index (κ3) is 7.83. The van der Waals surface area contributed by atoms with Crippen LogP contribution >= 0.6 is 0 Å². The summed E-state index contributed by atoms with van der Waals surface area (Å²) in [6.07, 6.45) is -0.00577. The fourth-order valence-electron chi connectivity index (χ4n) is 3.23. The molecule has 0 aliphatic carbocycles. The SMILES string of the molecule is C=CC(=O)OCC(O)COc1c(Oc2ccccc2)cc(OCC(CO)OC(=O)C=C)c2ccccc12. The third-order valence-corrected chi connectivity index (χ3v) is 4.98. The molecule has 0 fully saturated rings. The van der Waals surface area contributed by atoms with Crippen molar-refractivity contribution in [1.82, 2.24) is 0 Å². The van der Waals surface area contributed by atoms with Gasteiger partial charge in [-0.1, -0.05) is 55.6 Å². The van der Waals surface area contributed by atoms with Crippen LogP contribution in [0.4, 0.5) is 0 Å². The van der Waals surface area contributed by atoms with Crippen LogP contribution in [0.15, 0.2) is 86.0 Å². The monoisotopic (exact) mass is 508 g/mol. The first kappa shape index (κ1) is 27.3. The molecule has 0 spiro atoms. The second kappa shape index (κ2) is 13.7. The number of para-hydroxylation sites is 1. The van der Waals surface area contributed by atoms with Crippen LogP contribution in [0.25, 0.3) is 10.8 Å². The quantitative estimate of drug-likeness (QED) is 0.249. The molecule has 3 rings (SSSR count). The summed E-state index contributed by atoms with van der Waals surface area (Å²) in [7, 11) is 0. The van der Waals surface area contributed by atoms with Crippen molar-refractivity contribution in [3.8, 4) is 23.0 Å². The van der Waals surface area contributed by atoms with Crippen molar-refractivity contribution in [2.75, 3.05) is 26.4 Å². The van der Waals surface area contributed by atoms with Crippen molar-refractivity contribution in [2.45, 2.75) is 12.2 Å². The molecule has 9 nitrogen and oxygen atoms in total. The van der Waals surface area contributed by atoms with Crippen LogP contribution in [-0.2, 0) is 19.1 Å². The molecule has 3 aromatic carbocycles. The third-order valence-electron chi connectivity index (χ3n) is 4.98. The van der Waals surface area contributed by atoms with Gasteiger partial charge in [0.1, 0.15) is 37.4 Å². The summed E-state index contributed by atoms with van der Waals surface area (Å²) in [6, 6.07) is 17.8. The Hall–Kier alpha value is -4.34. The standard InChI is InChI=1S/C28H28O9/c1-3-26(31)34-16-19(30)17-35-28-23-13-9-8-12-22(23)24(33-18-21(15-29)37-27(32)4-2)14-25(28)36-20-10-6-5-7-11-20/h3-14,19,21,29-30H,1-2,15-18H2. The molecule has 0 bridgehead atoms. The smallest absolute Gasteiger partial charge is 0.330 e. The van der Waals surface area contributed by atoms with E-state index < -0.39 is 30.8 Å². The molecule has 0 saturated carbocycles. The average molecular weight is 509 g/mol. The van der Waals surface area contributed by atoms with Crippen molar-refractivity contribution in [3.05, 3.63) is 86.0 Å².